The molecule has 1 aliphatic heterocycles. The van der Waals surface area contributed by atoms with Gasteiger partial charge >= 0.3 is 0 Å². The fraction of sp³-hybridized carbons (Fsp3) is 0.462. The fourth-order valence-electron chi connectivity index (χ4n) is 1.96. The summed E-state index contributed by atoms with van der Waals surface area (Å²) >= 11 is 6.18. The summed E-state index contributed by atoms with van der Waals surface area (Å²) in [4.78, 5) is 12.1. The largest absolute Gasteiger partial charge is 0.381 e. The van der Waals surface area contributed by atoms with Crippen molar-refractivity contribution in [3.8, 4) is 0 Å². The molecular formula is C13H15ClO2. The molecule has 1 fully saturated rings. The van der Waals surface area contributed by atoms with Crippen molar-refractivity contribution in [3.05, 3.63) is 35.9 Å². The lowest BCUT2D eigenvalue weighted by atomic mass is 9.93. The molecule has 1 saturated heterocycles. The molecule has 1 aliphatic rings. The Hall–Kier alpha value is -0.860. The molecule has 86 valence electrons. The minimum absolute atomic E-state index is 0.0311. The molecule has 1 aromatic rings. The quantitative estimate of drug-likeness (QED) is 0.757. The number of carbonyl (C=O) groups is 1. The van der Waals surface area contributed by atoms with Crippen LogP contribution in [0, 0.1) is 5.92 Å². The van der Waals surface area contributed by atoms with Gasteiger partial charge in [-0.2, -0.15) is 0 Å². The molecule has 0 bridgehead atoms. The second-order valence-electron chi connectivity index (χ2n) is 4.09. The summed E-state index contributed by atoms with van der Waals surface area (Å²) < 4.78 is 5.31. The molecule has 0 amide bonds. The highest BCUT2D eigenvalue weighted by atomic mass is 35.5. The van der Waals surface area contributed by atoms with Crippen LogP contribution in [0.2, 0.25) is 0 Å². The van der Waals surface area contributed by atoms with Crippen molar-refractivity contribution in [3.63, 3.8) is 0 Å². The van der Waals surface area contributed by atoms with Crippen LogP contribution in [0.3, 0.4) is 0 Å². The second-order valence-corrected chi connectivity index (χ2v) is 4.53. The summed E-state index contributed by atoms with van der Waals surface area (Å²) in [5, 5.41) is -0.534. The van der Waals surface area contributed by atoms with E-state index in [1.165, 1.54) is 0 Å². The first-order chi connectivity index (χ1) is 7.79. The Bertz CT molecular complexity index is 344. The first kappa shape index (κ1) is 11.6. The number of rotatable bonds is 3. The molecule has 0 aromatic heterocycles. The average Bonchev–Trinajstić information content (AvgIpc) is 2.39. The maximum atomic E-state index is 12.1. The molecule has 2 unspecified atom stereocenters. The summed E-state index contributed by atoms with van der Waals surface area (Å²) in [6, 6.07) is 9.49. The summed E-state index contributed by atoms with van der Waals surface area (Å²) in [5.41, 5.74) is 0.875. The molecule has 0 N–H and O–H groups in total. The van der Waals surface area contributed by atoms with Crippen LogP contribution in [-0.4, -0.2) is 19.0 Å². The van der Waals surface area contributed by atoms with Crippen LogP contribution in [0.1, 0.15) is 23.8 Å². The molecule has 0 spiro atoms. The number of Topliss-reactive ketones (excluding diaryl/α,β-unsaturated/α-hetero) is 1. The third kappa shape index (κ3) is 2.63. The van der Waals surface area contributed by atoms with E-state index in [1.807, 2.05) is 30.3 Å². The smallest absolute Gasteiger partial charge is 0.160 e. The number of ether oxygens (including phenoxy) is 1. The number of halogens is 1. The van der Waals surface area contributed by atoms with Crippen LogP contribution in [0.15, 0.2) is 30.3 Å². The average molecular weight is 239 g/mol. The van der Waals surface area contributed by atoms with E-state index in [-0.39, 0.29) is 11.7 Å². The first-order valence-corrected chi connectivity index (χ1v) is 6.03. The first-order valence-electron chi connectivity index (χ1n) is 5.59. The monoisotopic (exact) mass is 238 g/mol. The van der Waals surface area contributed by atoms with Crippen LogP contribution in [0.4, 0.5) is 0 Å². The van der Waals surface area contributed by atoms with E-state index >= 15 is 0 Å². The summed E-state index contributed by atoms with van der Waals surface area (Å²) in [6.07, 6.45) is 1.85. The minimum Gasteiger partial charge on any atom is -0.381 e. The van der Waals surface area contributed by atoms with E-state index in [0.29, 0.717) is 6.61 Å². The van der Waals surface area contributed by atoms with E-state index in [1.54, 1.807) is 0 Å². The topological polar surface area (TPSA) is 26.3 Å². The number of carbonyl (C=O) groups excluding carboxylic acids is 1. The molecule has 2 atom stereocenters. The maximum absolute atomic E-state index is 12.1. The summed E-state index contributed by atoms with van der Waals surface area (Å²) in [7, 11) is 0. The SMILES string of the molecule is O=C(C1CCCOC1)C(Cl)c1ccccc1. The Labute approximate surface area is 101 Å². The van der Waals surface area contributed by atoms with E-state index < -0.39 is 5.38 Å². The molecule has 16 heavy (non-hydrogen) atoms. The zero-order chi connectivity index (χ0) is 11.4. The molecule has 2 rings (SSSR count). The Kier molecular flexibility index (Phi) is 3.97. The van der Waals surface area contributed by atoms with Crippen LogP contribution in [0.5, 0.6) is 0 Å². The molecule has 0 aliphatic carbocycles. The molecule has 1 heterocycles. The van der Waals surface area contributed by atoms with Crippen molar-refractivity contribution in [2.75, 3.05) is 13.2 Å². The molecule has 1 aromatic carbocycles. The van der Waals surface area contributed by atoms with Gasteiger partial charge in [-0.3, -0.25) is 4.79 Å². The Morgan fingerprint density at radius 3 is 2.75 bits per heavy atom. The molecular weight excluding hydrogens is 224 g/mol. The van der Waals surface area contributed by atoms with E-state index in [2.05, 4.69) is 0 Å². The van der Waals surface area contributed by atoms with Crippen molar-refractivity contribution in [1.82, 2.24) is 0 Å². The third-order valence-electron chi connectivity index (χ3n) is 2.90. The van der Waals surface area contributed by atoms with Gasteiger partial charge in [0.15, 0.2) is 5.78 Å². The fourth-order valence-corrected chi connectivity index (χ4v) is 2.28. The lowest BCUT2D eigenvalue weighted by Crippen LogP contribution is -2.27. The predicted molar refractivity (Wildman–Crippen MR) is 63.6 cm³/mol. The molecule has 0 radical (unpaired) electrons. The van der Waals surface area contributed by atoms with Crippen molar-refractivity contribution >= 4 is 17.4 Å². The van der Waals surface area contributed by atoms with Crippen LogP contribution < -0.4 is 0 Å². The molecule has 0 saturated carbocycles. The highest BCUT2D eigenvalue weighted by molar-refractivity contribution is 6.31. The van der Waals surface area contributed by atoms with Gasteiger partial charge in [0.1, 0.15) is 5.38 Å². The Balaban J connectivity index is 2.04. The third-order valence-corrected chi connectivity index (χ3v) is 3.37. The number of alkyl halides is 1. The van der Waals surface area contributed by atoms with Crippen molar-refractivity contribution in [1.29, 1.82) is 0 Å². The molecule has 3 heteroatoms. The van der Waals surface area contributed by atoms with Gasteiger partial charge in [-0.15, -0.1) is 11.6 Å². The van der Waals surface area contributed by atoms with E-state index in [9.17, 15) is 4.79 Å². The van der Waals surface area contributed by atoms with Gasteiger partial charge in [0.2, 0.25) is 0 Å². The number of ketones is 1. The second kappa shape index (κ2) is 5.46. The summed E-state index contributed by atoms with van der Waals surface area (Å²) in [6.45, 7) is 1.29. The van der Waals surface area contributed by atoms with Gasteiger partial charge in [0, 0.05) is 12.5 Å². The summed E-state index contributed by atoms with van der Waals surface area (Å²) in [5.74, 6) is 0.0593. The standard InChI is InChI=1S/C13H15ClO2/c14-12(10-5-2-1-3-6-10)13(15)11-7-4-8-16-9-11/h1-3,5-6,11-12H,4,7-9H2. The van der Waals surface area contributed by atoms with Crippen LogP contribution in [0.25, 0.3) is 0 Å². The van der Waals surface area contributed by atoms with Crippen molar-refractivity contribution < 1.29 is 9.53 Å². The molecule has 2 nitrogen and oxygen atoms in total. The van der Waals surface area contributed by atoms with Gasteiger partial charge in [-0.25, -0.2) is 0 Å². The van der Waals surface area contributed by atoms with Crippen molar-refractivity contribution in [2.24, 2.45) is 5.92 Å². The number of benzene rings is 1. The normalized spacial score (nSPS) is 22.7. The lowest BCUT2D eigenvalue weighted by molar-refractivity contribution is -0.126. The number of hydrogen-bond acceptors (Lipinski definition) is 2. The van der Waals surface area contributed by atoms with Gasteiger partial charge in [-0.1, -0.05) is 30.3 Å². The van der Waals surface area contributed by atoms with Crippen molar-refractivity contribution in [2.45, 2.75) is 18.2 Å². The van der Waals surface area contributed by atoms with E-state index in [4.69, 9.17) is 16.3 Å². The Morgan fingerprint density at radius 2 is 2.12 bits per heavy atom. The van der Waals surface area contributed by atoms with Gasteiger partial charge in [-0.05, 0) is 18.4 Å². The highest BCUT2D eigenvalue weighted by Crippen LogP contribution is 2.27. The van der Waals surface area contributed by atoms with Crippen LogP contribution in [-0.2, 0) is 9.53 Å². The highest BCUT2D eigenvalue weighted by Gasteiger charge is 2.28. The minimum atomic E-state index is -0.534. The zero-order valence-corrected chi connectivity index (χ0v) is 9.82. The van der Waals surface area contributed by atoms with Gasteiger partial charge in [0.05, 0.1) is 6.61 Å². The Morgan fingerprint density at radius 1 is 1.38 bits per heavy atom. The van der Waals surface area contributed by atoms with E-state index in [0.717, 1.165) is 25.0 Å². The number of hydrogen-bond donors (Lipinski definition) is 0. The predicted octanol–water partition coefficient (Wildman–Crippen LogP) is 2.96. The van der Waals surface area contributed by atoms with Gasteiger partial charge < -0.3 is 4.74 Å². The lowest BCUT2D eigenvalue weighted by Gasteiger charge is -2.22. The maximum Gasteiger partial charge on any atom is 0.160 e. The zero-order valence-electron chi connectivity index (χ0n) is 9.06. The van der Waals surface area contributed by atoms with Crippen LogP contribution >= 0.6 is 11.6 Å². The van der Waals surface area contributed by atoms with Gasteiger partial charge in [0.25, 0.3) is 0 Å².